The monoisotopic (exact) mass is 326 g/mol. The van der Waals surface area contributed by atoms with Crippen LogP contribution in [0.1, 0.15) is 22.3 Å². The van der Waals surface area contributed by atoms with Gasteiger partial charge in [-0.15, -0.1) is 0 Å². The fourth-order valence-electron chi connectivity index (χ4n) is 1.80. The number of nitrogens with zero attached hydrogens (tertiary/aromatic N) is 2. The van der Waals surface area contributed by atoms with E-state index in [1.807, 2.05) is 62.4 Å². The third-order valence-corrected chi connectivity index (χ3v) is 3.18. The molecule has 0 radical (unpaired) electrons. The van der Waals surface area contributed by atoms with Crippen LogP contribution < -0.4 is 0 Å². The lowest BCUT2D eigenvalue weighted by atomic mass is 10.2. The van der Waals surface area contributed by atoms with Gasteiger partial charge >= 0.3 is 12.2 Å². The standard InChI is InChI=1S/C18H18N2O4/c1-13-3-7-15(8-4-13)11-23-17(21)19-20-18(22)24-12-16-9-5-14(2)6-10-16/h3-10H,11-12H2,1-2H3/b20-19+. The second-order valence-corrected chi connectivity index (χ2v) is 5.28. The lowest BCUT2D eigenvalue weighted by molar-refractivity contribution is 0.139. The molecule has 2 rings (SSSR count). The number of benzene rings is 2. The van der Waals surface area contributed by atoms with Crippen molar-refractivity contribution in [1.82, 2.24) is 0 Å². The Hall–Kier alpha value is -3.02. The first-order valence-electron chi connectivity index (χ1n) is 7.39. The highest BCUT2D eigenvalue weighted by molar-refractivity contribution is 5.73. The van der Waals surface area contributed by atoms with Crippen LogP contribution in [0.25, 0.3) is 0 Å². The fourth-order valence-corrected chi connectivity index (χ4v) is 1.80. The van der Waals surface area contributed by atoms with E-state index in [0.29, 0.717) is 0 Å². The lowest BCUT2D eigenvalue weighted by Crippen LogP contribution is -2.02. The molecule has 2 aromatic carbocycles. The molecule has 0 atom stereocenters. The number of azo groups is 1. The summed E-state index contributed by atoms with van der Waals surface area (Å²) in [5.74, 6) is 0. The summed E-state index contributed by atoms with van der Waals surface area (Å²) in [5, 5.41) is 6.34. The molecule has 6 heteroatoms. The molecule has 0 aliphatic carbocycles. The molecule has 0 aromatic heterocycles. The summed E-state index contributed by atoms with van der Waals surface area (Å²) in [4.78, 5) is 22.8. The van der Waals surface area contributed by atoms with Crippen molar-refractivity contribution < 1.29 is 19.1 Å². The first kappa shape index (κ1) is 17.3. The Labute approximate surface area is 140 Å². The molecule has 124 valence electrons. The van der Waals surface area contributed by atoms with Gasteiger partial charge in [-0.1, -0.05) is 69.9 Å². The minimum absolute atomic E-state index is 0.0660. The zero-order valence-corrected chi connectivity index (χ0v) is 13.6. The third kappa shape index (κ3) is 6.00. The Balaban J connectivity index is 1.73. The molecular weight excluding hydrogens is 308 g/mol. The van der Waals surface area contributed by atoms with Crippen LogP contribution in [0.2, 0.25) is 0 Å². The van der Waals surface area contributed by atoms with Gasteiger partial charge in [-0.3, -0.25) is 0 Å². The van der Waals surface area contributed by atoms with Crippen LogP contribution in [0.3, 0.4) is 0 Å². The van der Waals surface area contributed by atoms with Crippen LogP contribution in [0.15, 0.2) is 58.8 Å². The SMILES string of the molecule is Cc1ccc(COC(=O)/N=N/C(=O)OCc2ccc(C)cc2)cc1. The fraction of sp³-hybridized carbons (Fsp3) is 0.222. The predicted molar refractivity (Wildman–Crippen MR) is 87.6 cm³/mol. The number of hydrogen-bond acceptors (Lipinski definition) is 4. The molecule has 0 saturated carbocycles. The molecule has 24 heavy (non-hydrogen) atoms. The lowest BCUT2D eigenvalue weighted by Gasteiger charge is -2.02. The minimum atomic E-state index is -0.942. The summed E-state index contributed by atoms with van der Waals surface area (Å²) in [5.41, 5.74) is 3.87. The normalized spacial score (nSPS) is 10.6. The number of carbonyl (C=O) groups is 2. The molecule has 0 unspecified atom stereocenters. The van der Waals surface area contributed by atoms with Crippen molar-refractivity contribution in [2.45, 2.75) is 27.1 Å². The zero-order chi connectivity index (χ0) is 17.4. The van der Waals surface area contributed by atoms with E-state index >= 15 is 0 Å². The molecule has 2 amide bonds. The topological polar surface area (TPSA) is 77.3 Å². The van der Waals surface area contributed by atoms with E-state index in [1.54, 1.807) is 0 Å². The Bertz CT molecular complexity index is 658. The molecule has 0 N–H and O–H groups in total. The molecule has 0 spiro atoms. The van der Waals surface area contributed by atoms with Gasteiger partial charge in [-0.25, -0.2) is 9.59 Å². The van der Waals surface area contributed by atoms with Crippen molar-refractivity contribution in [3.05, 3.63) is 70.8 Å². The van der Waals surface area contributed by atoms with Crippen LogP contribution >= 0.6 is 0 Å². The van der Waals surface area contributed by atoms with Crippen molar-refractivity contribution in [2.24, 2.45) is 10.2 Å². The summed E-state index contributed by atoms with van der Waals surface area (Å²) in [7, 11) is 0. The average molecular weight is 326 g/mol. The van der Waals surface area contributed by atoms with Gasteiger partial charge < -0.3 is 9.47 Å². The summed E-state index contributed by atoms with van der Waals surface area (Å²) >= 11 is 0. The van der Waals surface area contributed by atoms with Gasteiger partial charge in [-0.2, -0.15) is 0 Å². The molecule has 6 nitrogen and oxygen atoms in total. The number of hydrogen-bond donors (Lipinski definition) is 0. The van der Waals surface area contributed by atoms with E-state index in [-0.39, 0.29) is 13.2 Å². The van der Waals surface area contributed by atoms with Crippen molar-refractivity contribution in [2.75, 3.05) is 0 Å². The first-order chi connectivity index (χ1) is 11.5. The molecule has 0 bridgehead atoms. The average Bonchev–Trinajstić information content (AvgIpc) is 2.59. The van der Waals surface area contributed by atoms with E-state index in [4.69, 9.17) is 9.47 Å². The van der Waals surface area contributed by atoms with Crippen LogP contribution in [-0.2, 0) is 22.7 Å². The second kappa shape index (κ2) is 8.57. The zero-order valence-electron chi connectivity index (χ0n) is 13.6. The first-order valence-corrected chi connectivity index (χ1v) is 7.39. The van der Waals surface area contributed by atoms with Crippen LogP contribution in [0, 0.1) is 13.8 Å². The Morgan fingerprint density at radius 2 is 1.04 bits per heavy atom. The third-order valence-electron chi connectivity index (χ3n) is 3.18. The van der Waals surface area contributed by atoms with Crippen LogP contribution in [0.5, 0.6) is 0 Å². The van der Waals surface area contributed by atoms with E-state index in [1.165, 1.54) is 0 Å². The van der Waals surface area contributed by atoms with Crippen molar-refractivity contribution in [3.63, 3.8) is 0 Å². The minimum Gasteiger partial charge on any atom is -0.442 e. The smallest absolute Gasteiger partial charge is 0.442 e. The summed E-state index contributed by atoms with van der Waals surface area (Å²) < 4.78 is 9.77. The molecule has 0 fully saturated rings. The maximum atomic E-state index is 11.4. The van der Waals surface area contributed by atoms with Gasteiger partial charge in [-0.05, 0) is 25.0 Å². The highest BCUT2D eigenvalue weighted by Crippen LogP contribution is 2.06. The van der Waals surface area contributed by atoms with Crippen molar-refractivity contribution in [1.29, 1.82) is 0 Å². The Kier molecular flexibility index (Phi) is 6.19. The number of ether oxygens (including phenoxy) is 2. The van der Waals surface area contributed by atoms with Crippen LogP contribution in [-0.4, -0.2) is 12.2 Å². The Morgan fingerprint density at radius 1 is 0.708 bits per heavy atom. The van der Waals surface area contributed by atoms with Crippen LogP contribution in [0.4, 0.5) is 9.59 Å². The van der Waals surface area contributed by atoms with E-state index in [9.17, 15) is 9.59 Å². The van der Waals surface area contributed by atoms with Gasteiger partial charge in [0, 0.05) is 0 Å². The summed E-state index contributed by atoms with van der Waals surface area (Å²) in [6, 6.07) is 15.0. The molecular formula is C18H18N2O4. The number of rotatable bonds is 4. The van der Waals surface area contributed by atoms with Crippen molar-refractivity contribution in [3.8, 4) is 0 Å². The molecule has 2 aromatic rings. The van der Waals surface area contributed by atoms with Gasteiger partial charge in [0.1, 0.15) is 13.2 Å². The van der Waals surface area contributed by atoms with Crippen molar-refractivity contribution >= 4 is 12.2 Å². The van der Waals surface area contributed by atoms with E-state index < -0.39 is 12.2 Å². The maximum absolute atomic E-state index is 11.4. The molecule has 0 heterocycles. The molecule has 0 aliphatic rings. The largest absolute Gasteiger partial charge is 0.452 e. The summed E-state index contributed by atoms with van der Waals surface area (Å²) in [6.07, 6.45) is -1.88. The van der Waals surface area contributed by atoms with E-state index in [2.05, 4.69) is 10.2 Å². The second-order valence-electron chi connectivity index (χ2n) is 5.28. The maximum Gasteiger partial charge on any atom is 0.452 e. The van der Waals surface area contributed by atoms with Gasteiger partial charge in [0.25, 0.3) is 0 Å². The highest BCUT2D eigenvalue weighted by atomic mass is 16.6. The summed E-state index contributed by atoms with van der Waals surface area (Å²) in [6.45, 7) is 4.06. The quantitative estimate of drug-likeness (QED) is 0.761. The predicted octanol–water partition coefficient (Wildman–Crippen LogP) is 4.73. The number of carbonyl (C=O) groups excluding carboxylic acids is 2. The number of amides is 2. The molecule has 0 aliphatic heterocycles. The highest BCUT2D eigenvalue weighted by Gasteiger charge is 2.05. The van der Waals surface area contributed by atoms with Gasteiger partial charge in [0.15, 0.2) is 0 Å². The van der Waals surface area contributed by atoms with Gasteiger partial charge in [0.05, 0.1) is 0 Å². The Morgan fingerprint density at radius 3 is 1.38 bits per heavy atom. The van der Waals surface area contributed by atoms with Gasteiger partial charge in [0.2, 0.25) is 0 Å². The van der Waals surface area contributed by atoms with E-state index in [0.717, 1.165) is 22.3 Å². The number of aryl methyl sites for hydroxylation is 2. The molecule has 0 saturated heterocycles.